The molecule has 0 amide bonds. The third-order valence-electron chi connectivity index (χ3n) is 5.58. The van der Waals surface area contributed by atoms with Crippen molar-refractivity contribution in [1.29, 1.82) is 0 Å². The second-order valence-corrected chi connectivity index (χ2v) is 7.79. The Bertz CT molecular complexity index is 502. The molecular weight excluding hydrogens is 301 g/mol. The van der Waals surface area contributed by atoms with Gasteiger partial charge in [0, 0.05) is 6.54 Å². The highest BCUT2D eigenvalue weighted by atomic mass is 35.5. The Morgan fingerprint density at radius 3 is 2.81 bits per heavy atom. The van der Waals surface area contributed by atoms with E-state index in [1.165, 1.54) is 37.7 Å². The summed E-state index contributed by atoms with van der Waals surface area (Å²) in [4.78, 5) is 0. The Kier molecular flexibility index (Phi) is 4.83. The van der Waals surface area contributed by atoms with Gasteiger partial charge in [0.15, 0.2) is 0 Å². The molecule has 1 aromatic carbocycles. The van der Waals surface area contributed by atoms with Crippen molar-refractivity contribution in [3.8, 4) is 0 Å². The van der Waals surface area contributed by atoms with E-state index in [1.807, 2.05) is 12.1 Å². The van der Waals surface area contributed by atoms with Gasteiger partial charge in [-0.15, -0.1) is 0 Å². The van der Waals surface area contributed by atoms with Gasteiger partial charge in [0.25, 0.3) is 0 Å². The first-order valence-corrected chi connectivity index (χ1v) is 9.04. The largest absolute Gasteiger partial charge is 0.316 e. The molecule has 2 aliphatic carbocycles. The first-order chi connectivity index (χ1) is 10.1. The maximum Gasteiger partial charge on any atom is 0.0624 e. The molecule has 0 heterocycles. The molecule has 116 valence electrons. The topological polar surface area (TPSA) is 12.0 Å². The fraction of sp³-hybridized carbons (Fsp3) is 0.667. The highest BCUT2D eigenvalue weighted by molar-refractivity contribution is 6.42. The van der Waals surface area contributed by atoms with Gasteiger partial charge < -0.3 is 5.32 Å². The Morgan fingerprint density at radius 2 is 2.14 bits per heavy atom. The van der Waals surface area contributed by atoms with E-state index in [2.05, 4.69) is 18.3 Å². The highest BCUT2D eigenvalue weighted by Gasteiger charge is 2.50. The lowest BCUT2D eigenvalue weighted by atomic mass is 9.69. The summed E-state index contributed by atoms with van der Waals surface area (Å²) in [5.74, 6) is 1.80. The first kappa shape index (κ1) is 15.6. The van der Waals surface area contributed by atoms with Crippen molar-refractivity contribution in [2.24, 2.45) is 17.3 Å². The molecule has 3 atom stereocenters. The molecule has 2 aliphatic rings. The van der Waals surface area contributed by atoms with Crippen LogP contribution in [-0.4, -0.2) is 13.1 Å². The number of nitrogens with one attached hydrogen (secondary N) is 1. The summed E-state index contributed by atoms with van der Waals surface area (Å²) >= 11 is 12.6. The van der Waals surface area contributed by atoms with Crippen molar-refractivity contribution in [2.45, 2.75) is 45.4 Å². The lowest BCUT2D eigenvalue weighted by molar-refractivity contribution is 0.156. The van der Waals surface area contributed by atoms with Crippen molar-refractivity contribution >= 4 is 23.2 Å². The molecule has 1 N–H and O–H groups in total. The normalized spacial score (nSPS) is 31.0. The van der Waals surface area contributed by atoms with E-state index < -0.39 is 0 Å². The Morgan fingerprint density at radius 1 is 1.29 bits per heavy atom. The summed E-state index contributed by atoms with van der Waals surface area (Å²) in [7, 11) is 0. The second kappa shape index (κ2) is 6.48. The SMILES string of the molecule is CCCNCC1(Cc2cccc(Cl)c2Cl)CC2CCC1C2. The minimum atomic E-state index is 0.395. The highest BCUT2D eigenvalue weighted by Crippen LogP contribution is 2.57. The molecule has 1 nitrogen and oxygen atoms in total. The second-order valence-electron chi connectivity index (χ2n) is 7.01. The third-order valence-corrected chi connectivity index (χ3v) is 6.44. The predicted octanol–water partition coefficient (Wildman–Crippen LogP) is 5.34. The van der Waals surface area contributed by atoms with Gasteiger partial charge in [0.1, 0.15) is 0 Å². The van der Waals surface area contributed by atoms with Gasteiger partial charge in [0.05, 0.1) is 10.0 Å². The average molecular weight is 326 g/mol. The molecule has 0 spiro atoms. The van der Waals surface area contributed by atoms with Crippen molar-refractivity contribution in [3.63, 3.8) is 0 Å². The molecule has 0 radical (unpaired) electrons. The lowest BCUT2D eigenvalue weighted by Crippen LogP contribution is -2.40. The molecule has 2 saturated carbocycles. The molecule has 0 aromatic heterocycles. The average Bonchev–Trinajstić information content (AvgIpc) is 3.05. The van der Waals surface area contributed by atoms with Gasteiger partial charge in [-0.3, -0.25) is 0 Å². The van der Waals surface area contributed by atoms with Crippen molar-refractivity contribution in [1.82, 2.24) is 5.32 Å². The maximum absolute atomic E-state index is 6.44. The van der Waals surface area contributed by atoms with E-state index in [0.29, 0.717) is 10.4 Å². The van der Waals surface area contributed by atoms with E-state index in [4.69, 9.17) is 23.2 Å². The Hall–Kier alpha value is -0.240. The number of hydrogen-bond acceptors (Lipinski definition) is 1. The summed E-state index contributed by atoms with van der Waals surface area (Å²) in [6.45, 7) is 4.47. The third kappa shape index (κ3) is 3.11. The van der Waals surface area contributed by atoms with Crippen LogP contribution in [0.1, 0.15) is 44.6 Å². The molecule has 21 heavy (non-hydrogen) atoms. The molecule has 3 unspecified atom stereocenters. The van der Waals surface area contributed by atoms with Crippen LogP contribution in [0.4, 0.5) is 0 Å². The predicted molar refractivity (Wildman–Crippen MR) is 91.2 cm³/mol. The van der Waals surface area contributed by atoms with Crippen molar-refractivity contribution in [2.75, 3.05) is 13.1 Å². The smallest absolute Gasteiger partial charge is 0.0624 e. The van der Waals surface area contributed by atoms with Crippen LogP contribution >= 0.6 is 23.2 Å². The van der Waals surface area contributed by atoms with E-state index in [1.54, 1.807) is 0 Å². The zero-order chi connectivity index (χ0) is 14.9. The van der Waals surface area contributed by atoms with Gasteiger partial charge in [-0.2, -0.15) is 0 Å². The molecule has 0 aliphatic heterocycles. The Labute approximate surface area is 138 Å². The first-order valence-electron chi connectivity index (χ1n) is 8.28. The van der Waals surface area contributed by atoms with Crippen LogP contribution in [0.3, 0.4) is 0 Å². The lowest BCUT2D eigenvalue weighted by Gasteiger charge is -2.39. The van der Waals surface area contributed by atoms with E-state index in [-0.39, 0.29) is 0 Å². The zero-order valence-corrected chi connectivity index (χ0v) is 14.3. The fourth-order valence-electron chi connectivity index (χ4n) is 4.63. The zero-order valence-electron chi connectivity index (χ0n) is 12.8. The molecule has 3 heteroatoms. The molecule has 2 fully saturated rings. The van der Waals surface area contributed by atoms with Crippen LogP contribution in [0.5, 0.6) is 0 Å². The van der Waals surface area contributed by atoms with Gasteiger partial charge in [-0.25, -0.2) is 0 Å². The summed E-state index contributed by atoms with van der Waals surface area (Å²) in [6, 6.07) is 6.07. The monoisotopic (exact) mass is 325 g/mol. The standard InChI is InChI=1S/C18H25Cl2N/c1-2-8-21-12-18(10-13-6-7-15(18)9-13)11-14-4-3-5-16(19)17(14)20/h3-5,13,15,21H,2,6-12H2,1H3. The van der Waals surface area contributed by atoms with E-state index in [9.17, 15) is 0 Å². The Balaban J connectivity index is 1.81. The van der Waals surface area contributed by atoms with Gasteiger partial charge in [0.2, 0.25) is 0 Å². The van der Waals surface area contributed by atoms with Crippen LogP contribution in [0.15, 0.2) is 18.2 Å². The molecule has 1 aromatic rings. The van der Waals surface area contributed by atoms with Crippen molar-refractivity contribution in [3.05, 3.63) is 33.8 Å². The van der Waals surface area contributed by atoms with Crippen LogP contribution in [-0.2, 0) is 6.42 Å². The summed E-state index contributed by atoms with van der Waals surface area (Å²) in [6.07, 6.45) is 7.88. The van der Waals surface area contributed by atoms with Crippen molar-refractivity contribution < 1.29 is 0 Å². The van der Waals surface area contributed by atoms with Gasteiger partial charge in [-0.1, -0.05) is 48.7 Å². The minimum Gasteiger partial charge on any atom is -0.316 e. The van der Waals surface area contributed by atoms with Crippen LogP contribution in [0.2, 0.25) is 10.0 Å². The summed E-state index contributed by atoms with van der Waals surface area (Å²) in [5.41, 5.74) is 1.63. The maximum atomic E-state index is 6.44. The van der Waals surface area contributed by atoms with Gasteiger partial charge in [-0.05, 0) is 67.5 Å². The molecule has 3 rings (SSSR count). The van der Waals surface area contributed by atoms with Crippen LogP contribution in [0, 0.1) is 17.3 Å². The van der Waals surface area contributed by atoms with Crippen LogP contribution in [0.25, 0.3) is 0 Å². The van der Waals surface area contributed by atoms with E-state index in [0.717, 1.165) is 36.4 Å². The fourth-order valence-corrected chi connectivity index (χ4v) is 5.02. The number of fused-ring (bicyclic) bond motifs is 2. The number of benzene rings is 1. The molecule has 0 saturated heterocycles. The summed E-state index contributed by atoms with van der Waals surface area (Å²) < 4.78 is 0. The van der Waals surface area contributed by atoms with Gasteiger partial charge >= 0.3 is 0 Å². The van der Waals surface area contributed by atoms with Crippen LogP contribution < -0.4 is 5.32 Å². The van der Waals surface area contributed by atoms with E-state index >= 15 is 0 Å². The number of hydrogen-bond donors (Lipinski definition) is 1. The molecule has 2 bridgehead atoms. The summed E-state index contributed by atoms with van der Waals surface area (Å²) in [5, 5.41) is 5.13. The quantitative estimate of drug-likeness (QED) is 0.696. The number of halogens is 2. The number of rotatable bonds is 6. The molecular formula is C18H25Cl2N. The minimum absolute atomic E-state index is 0.395.